The Balaban J connectivity index is 1.08. The zero-order valence-electron chi connectivity index (χ0n) is 31.9. The number of nitrogens with zero attached hydrogens (tertiary/aromatic N) is 2. The molecule has 0 fully saturated rings. The molecule has 0 saturated heterocycles. The van der Waals surface area contributed by atoms with Crippen molar-refractivity contribution in [3.05, 3.63) is 217 Å². The van der Waals surface area contributed by atoms with Gasteiger partial charge in [0.1, 0.15) is 22.8 Å². The number of aliphatic imine (C=N–C) groups is 2. The van der Waals surface area contributed by atoms with Crippen molar-refractivity contribution in [1.29, 1.82) is 0 Å². The first-order chi connectivity index (χ1) is 29.2. The highest BCUT2D eigenvalue weighted by molar-refractivity contribution is 6.24. The first-order valence-electron chi connectivity index (χ1n) is 20.1. The Morgan fingerprint density at radius 3 is 1.76 bits per heavy atom. The van der Waals surface area contributed by atoms with E-state index in [0.29, 0.717) is 0 Å². The van der Waals surface area contributed by atoms with Gasteiger partial charge in [-0.2, -0.15) is 0 Å². The Hall–Kier alpha value is -7.82. The van der Waals surface area contributed by atoms with Crippen LogP contribution >= 0.6 is 0 Å². The number of furan rings is 1. The third kappa shape index (κ3) is 5.53. The van der Waals surface area contributed by atoms with Crippen LogP contribution in [0, 0.1) is 0 Å². The molecule has 276 valence electrons. The molecule has 1 unspecified atom stereocenters. The molecule has 0 radical (unpaired) electrons. The van der Waals surface area contributed by atoms with Crippen molar-refractivity contribution in [2.45, 2.75) is 6.17 Å². The van der Waals surface area contributed by atoms with Gasteiger partial charge in [-0.3, -0.25) is 0 Å². The number of amidine groups is 2. The molecule has 1 aliphatic rings. The lowest BCUT2D eigenvalue weighted by molar-refractivity contribution is 0.668. The number of rotatable bonds is 5. The topological polar surface area (TPSA) is 49.9 Å². The third-order valence-corrected chi connectivity index (χ3v) is 11.9. The molecule has 0 aliphatic carbocycles. The van der Waals surface area contributed by atoms with E-state index in [9.17, 15) is 0 Å². The highest BCUT2D eigenvalue weighted by Crippen LogP contribution is 2.42. The average Bonchev–Trinajstić information content (AvgIpc) is 3.71. The van der Waals surface area contributed by atoms with Crippen LogP contribution in [0.4, 0.5) is 0 Å². The van der Waals surface area contributed by atoms with Crippen LogP contribution in [-0.2, 0) is 0 Å². The summed E-state index contributed by atoms with van der Waals surface area (Å²) in [4.78, 5) is 11.0. The van der Waals surface area contributed by atoms with Crippen molar-refractivity contribution in [3.63, 3.8) is 0 Å². The maximum atomic E-state index is 6.79. The molecule has 12 rings (SSSR count). The number of fused-ring (bicyclic) bond motifs is 9. The largest absolute Gasteiger partial charge is 0.455 e. The Morgan fingerprint density at radius 2 is 0.949 bits per heavy atom. The molecule has 11 aromatic rings. The number of hydrogen-bond acceptors (Lipinski definition) is 4. The molecule has 1 aliphatic heterocycles. The van der Waals surface area contributed by atoms with Crippen molar-refractivity contribution in [1.82, 2.24) is 5.32 Å². The minimum Gasteiger partial charge on any atom is -0.455 e. The summed E-state index contributed by atoms with van der Waals surface area (Å²) in [6.07, 6.45) is -0.562. The molecule has 0 spiro atoms. The van der Waals surface area contributed by atoms with Gasteiger partial charge in [-0.25, -0.2) is 9.98 Å². The fourth-order valence-corrected chi connectivity index (χ4v) is 9.04. The van der Waals surface area contributed by atoms with E-state index in [4.69, 9.17) is 14.4 Å². The molecule has 10 aromatic carbocycles. The molecule has 2 heterocycles. The lowest BCUT2D eigenvalue weighted by atomic mass is 9.94. The van der Waals surface area contributed by atoms with Crippen molar-refractivity contribution in [2.24, 2.45) is 9.98 Å². The summed E-state index contributed by atoms with van der Waals surface area (Å²) < 4.78 is 6.79. The first-order valence-corrected chi connectivity index (χ1v) is 20.1. The summed E-state index contributed by atoms with van der Waals surface area (Å²) in [5.41, 5.74) is 9.17. The quantitative estimate of drug-likeness (QED) is 0.178. The smallest absolute Gasteiger partial charge is 0.170 e. The second-order valence-electron chi connectivity index (χ2n) is 15.3. The number of benzene rings is 10. The maximum Gasteiger partial charge on any atom is 0.170 e. The molecule has 4 heteroatoms. The van der Waals surface area contributed by atoms with Crippen LogP contribution in [0.5, 0.6) is 0 Å². The molecule has 1 N–H and O–H groups in total. The Labute approximate surface area is 340 Å². The van der Waals surface area contributed by atoms with Gasteiger partial charge in [0.2, 0.25) is 0 Å². The van der Waals surface area contributed by atoms with Crippen LogP contribution in [0.15, 0.2) is 215 Å². The van der Waals surface area contributed by atoms with Crippen LogP contribution in [0.2, 0.25) is 0 Å². The molecule has 0 amide bonds. The average molecular weight is 754 g/mol. The summed E-state index contributed by atoms with van der Waals surface area (Å²) in [6, 6.07) is 71.0. The zero-order chi connectivity index (χ0) is 38.9. The maximum absolute atomic E-state index is 6.79. The SMILES string of the molecule is c1ccc(-c2ccc(-c3ccc(C4N=C(c5ccc6ccc7ccccc7c6c5)NC(c5cc6ccccc6c6ccccc56)=N4)c4c3oc3ccccc34)cc2)cc1. The van der Waals surface area contributed by atoms with Gasteiger partial charge in [0, 0.05) is 33.0 Å². The van der Waals surface area contributed by atoms with Gasteiger partial charge in [-0.1, -0.05) is 182 Å². The van der Waals surface area contributed by atoms with Crippen molar-refractivity contribution < 1.29 is 4.42 Å². The molecular weight excluding hydrogens is 719 g/mol. The third-order valence-electron chi connectivity index (χ3n) is 11.9. The Bertz CT molecular complexity index is 3520. The molecule has 59 heavy (non-hydrogen) atoms. The van der Waals surface area contributed by atoms with E-state index in [1.165, 1.54) is 43.4 Å². The summed E-state index contributed by atoms with van der Waals surface area (Å²) in [7, 11) is 0. The van der Waals surface area contributed by atoms with Gasteiger partial charge < -0.3 is 9.73 Å². The van der Waals surface area contributed by atoms with Crippen LogP contribution < -0.4 is 5.32 Å². The number of para-hydroxylation sites is 1. The predicted octanol–water partition coefficient (Wildman–Crippen LogP) is 14.0. The fraction of sp³-hybridized carbons (Fsp3) is 0.0182. The monoisotopic (exact) mass is 753 g/mol. The Kier molecular flexibility index (Phi) is 7.57. The normalized spacial score (nSPS) is 14.3. The lowest BCUT2D eigenvalue weighted by Gasteiger charge is -2.24. The van der Waals surface area contributed by atoms with Crippen molar-refractivity contribution in [2.75, 3.05) is 0 Å². The molecule has 0 bridgehead atoms. The van der Waals surface area contributed by atoms with E-state index in [1.807, 2.05) is 18.2 Å². The fourth-order valence-electron chi connectivity index (χ4n) is 9.04. The lowest BCUT2D eigenvalue weighted by Crippen LogP contribution is -2.36. The second kappa shape index (κ2) is 13.4. The van der Waals surface area contributed by atoms with Gasteiger partial charge in [0.15, 0.2) is 6.17 Å². The zero-order valence-corrected chi connectivity index (χ0v) is 31.9. The van der Waals surface area contributed by atoms with Crippen LogP contribution in [0.3, 0.4) is 0 Å². The second-order valence-corrected chi connectivity index (χ2v) is 15.3. The van der Waals surface area contributed by atoms with Gasteiger partial charge in [-0.15, -0.1) is 0 Å². The highest BCUT2D eigenvalue weighted by atomic mass is 16.3. The van der Waals surface area contributed by atoms with E-state index in [2.05, 4.69) is 187 Å². The summed E-state index contributed by atoms with van der Waals surface area (Å²) in [5.74, 6) is 1.55. The van der Waals surface area contributed by atoms with Gasteiger partial charge in [0.25, 0.3) is 0 Å². The standard InChI is InChI=1S/C55H35N3O/c1-2-12-34(13-3-1)35-22-24-37(25-23-35)43-30-31-47(51-46-20-10-11-21-50(46)59-52(43)51)54-56-53(40-29-28-38-27-26-36-14-4-6-16-41(36)48(38)33-40)57-55(58-54)49-32-39-15-5-7-17-42(39)44-18-8-9-19-45(44)49/h1-33,54H,(H,56,57,58). The van der Waals surface area contributed by atoms with Gasteiger partial charge in [0.05, 0.1) is 0 Å². The first kappa shape index (κ1) is 33.3. The minimum absolute atomic E-state index is 0.562. The Morgan fingerprint density at radius 1 is 0.373 bits per heavy atom. The molecular formula is C55H35N3O. The summed E-state index contributed by atoms with van der Waals surface area (Å²) >= 11 is 0. The highest BCUT2D eigenvalue weighted by Gasteiger charge is 2.27. The van der Waals surface area contributed by atoms with Gasteiger partial charge >= 0.3 is 0 Å². The molecule has 1 atom stereocenters. The van der Waals surface area contributed by atoms with E-state index in [1.54, 1.807) is 0 Å². The molecule has 4 nitrogen and oxygen atoms in total. The van der Waals surface area contributed by atoms with Crippen molar-refractivity contribution >= 4 is 76.7 Å². The van der Waals surface area contributed by atoms with Gasteiger partial charge in [-0.05, 0) is 78.0 Å². The number of nitrogens with one attached hydrogen (secondary N) is 1. The van der Waals surface area contributed by atoms with E-state index < -0.39 is 6.17 Å². The van der Waals surface area contributed by atoms with Crippen LogP contribution in [0.1, 0.15) is 22.9 Å². The van der Waals surface area contributed by atoms with E-state index >= 15 is 0 Å². The van der Waals surface area contributed by atoms with Crippen LogP contribution in [-0.4, -0.2) is 11.7 Å². The summed E-state index contributed by atoms with van der Waals surface area (Å²) in [5, 5.41) is 15.3. The minimum atomic E-state index is -0.562. The predicted molar refractivity (Wildman–Crippen MR) is 246 cm³/mol. The van der Waals surface area contributed by atoms with E-state index in [-0.39, 0.29) is 0 Å². The van der Waals surface area contributed by atoms with Crippen molar-refractivity contribution in [3.8, 4) is 22.3 Å². The van der Waals surface area contributed by atoms with E-state index in [0.717, 1.165) is 72.2 Å². The van der Waals surface area contributed by atoms with Crippen LogP contribution in [0.25, 0.3) is 87.3 Å². The molecule has 0 saturated carbocycles. The summed E-state index contributed by atoms with van der Waals surface area (Å²) in [6.45, 7) is 0. The molecule has 1 aromatic heterocycles. The number of hydrogen-bond donors (Lipinski definition) is 1.